The normalized spacial score (nSPS) is 10.4. The van der Waals surface area contributed by atoms with Crippen LogP contribution in [-0.4, -0.2) is 23.9 Å². The number of hydrogen-bond acceptors (Lipinski definition) is 3. The standard InChI is InChI=1S/C17H14ClN3O3/c1-24-15-8-10(18)6-7-12(15)16(22)20-21-17(23)13-9-19-14-5-3-2-4-11(13)14/h2-9,19H,1H3,(H,20,22)(H,21,23). The van der Waals surface area contributed by atoms with E-state index in [1.807, 2.05) is 24.3 Å². The molecule has 0 saturated heterocycles. The molecule has 0 aliphatic carbocycles. The van der Waals surface area contributed by atoms with E-state index >= 15 is 0 Å². The molecule has 0 atom stereocenters. The first kappa shape index (κ1) is 15.9. The van der Waals surface area contributed by atoms with Crippen LogP contribution >= 0.6 is 11.6 Å². The van der Waals surface area contributed by atoms with Gasteiger partial charge in [-0.05, 0) is 24.3 Å². The molecule has 1 heterocycles. The number of hydrogen-bond donors (Lipinski definition) is 3. The van der Waals surface area contributed by atoms with E-state index in [0.29, 0.717) is 16.3 Å². The molecule has 122 valence electrons. The minimum Gasteiger partial charge on any atom is -0.496 e. The maximum Gasteiger partial charge on any atom is 0.273 e. The number of benzene rings is 2. The molecule has 0 aliphatic rings. The van der Waals surface area contributed by atoms with E-state index in [1.165, 1.54) is 19.2 Å². The largest absolute Gasteiger partial charge is 0.496 e. The Morgan fingerprint density at radius 2 is 1.75 bits per heavy atom. The number of para-hydroxylation sites is 1. The van der Waals surface area contributed by atoms with Gasteiger partial charge in [-0.3, -0.25) is 20.4 Å². The lowest BCUT2D eigenvalue weighted by Gasteiger charge is -2.10. The van der Waals surface area contributed by atoms with Crippen molar-refractivity contribution < 1.29 is 14.3 Å². The maximum atomic E-state index is 12.3. The average molecular weight is 344 g/mol. The second kappa shape index (κ2) is 6.64. The zero-order valence-corrected chi connectivity index (χ0v) is 13.5. The van der Waals surface area contributed by atoms with Crippen LogP contribution in [-0.2, 0) is 0 Å². The molecule has 6 nitrogen and oxygen atoms in total. The number of H-pyrrole nitrogens is 1. The summed E-state index contributed by atoms with van der Waals surface area (Å²) in [4.78, 5) is 27.5. The zero-order chi connectivity index (χ0) is 17.1. The summed E-state index contributed by atoms with van der Waals surface area (Å²) >= 11 is 5.87. The summed E-state index contributed by atoms with van der Waals surface area (Å²) in [5.41, 5.74) is 6.31. The van der Waals surface area contributed by atoms with E-state index in [0.717, 1.165) is 10.9 Å². The van der Waals surface area contributed by atoms with Crippen LogP contribution in [0.3, 0.4) is 0 Å². The molecule has 0 saturated carbocycles. The first-order valence-electron chi connectivity index (χ1n) is 7.10. The van der Waals surface area contributed by atoms with Crippen molar-refractivity contribution in [2.75, 3.05) is 7.11 Å². The van der Waals surface area contributed by atoms with Crippen LogP contribution in [0.4, 0.5) is 0 Å². The fourth-order valence-electron chi connectivity index (χ4n) is 2.36. The highest BCUT2D eigenvalue weighted by Crippen LogP contribution is 2.23. The maximum absolute atomic E-state index is 12.3. The van der Waals surface area contributed by atoms with Crippen molar-refractivity contribution in [1.29, 1.82) is 0 Å². The number of amides is 2. The third-order valence-electron chi connectivity index (χ3n) is 3.53. The summed E-state index contributed by atoms with van der Waals surface area (Å²) in [7, 11) is 1.44. The van der Waals surface area contributed by atoms with Crippen LogP contribution in [0.15, 0.2) is 48.7 Å². The van der Waals surface area contributed by atoms with E-state index in [-0.39, 0.29) is 5.56 Å². The summed E-state index contributed by atoms with van der Waals surface area (Å²) in [5.74, 6) is -0.605. The smallest absolute Gasteiger partial charge is 0.273 e. The number of aromatic amines is 1. The van der Waals surface area contributed by atoms with E-state index in [9.17, 15) is 9.59 Å². The molecule has 0 unspecified atom stereocenters. The Labute approximate surface area is 142 Å². The van der Waals surface area contributed by atoms with E-state index in [2.05, 4.69) is 15.8 Å². The van der Waals surface area contributed by atoms with Gasteiger partial charge in [0.1, 0.15) is 5.75 Å². The van der Waals surface area contributed by atoms with Gasteiger partial charge in [0, 0.05) is 22.1 Å². The Balaban J connectivity index is 1.73. The van der Waals surface area contributed by atoms with Gasteiger partial charge in [-0.15, -0.1) is 0 Å². The van der Waals surface area contributed by atoms with Gasteiger partial charge in [-0.1, -0.05) is 29.8 Å². The summed E-state index contributed by atoms with van der Waals surface area (Å²) in [6, 6.07) is 12.0. The van der Waals surface area contributed by atoms with Gasteiger partial charge in [0.15, 0.2) is 0 Å². The van der Waals surface area contributed by atoms with Gasteiger partial charge in [0.25, 0.3) is 11.8 Å². The van der Waals surface area contributed by atoms with Gasteiger partial charge < -0.3 is 9.72 Å². The number of rotatable bonds is 3. The molecule has 0 fully saturated rings. The molecule has 24 heavy (non-hydrogen) atoms. The van der Waals surface area contributed by atoms with Crippen LogP contribution in [0.1, 0.15) is 20.7 Å². The van der Waals surface area contributed by atoms with Gasteiger partial charge >= 0.3 is 0 Å². The monoisotopic (exact) mass is 343 g/mol. The third kappa shape index (κ3) is 3.04. The molecule has 3 aromatic rings. The number of nitrogens with one attached hydrogen (secondary N) is 3. The molecule has 0 radical (unpaired) electrons. The number of hydrazine groups is 1. The Morgan fingerprint density at radius 1 is 1.04 bits per heavy atom. The van der Waals surface area contributed by atoms with Crippen molar-refractivity contribution in [3.05, 3.63) is 64.8 Å². The lowest BCUT2D eigenvalue weighted by molar-refractivity contribution is 0.0846. The van der Waals surface area contributed by atoms with Crippen molar-refractivity contribution in [2.45, 2.75) is 0 Å². The topological polar surface area (TPSA) is 83.2 Å². The van der Waals surface area contributed by atoms with Crippen molar-refractivity contribution in [3.8, 4) is 5.75 Å². The molecule has 3 N–H and O–H groups in total. The lowest BCUT2D eigenvalue weighted by atomic mass is 10.1. The Kier molecular flexibility index (Phi) is 4.39. The van der Waals surface area contributed by atoms with Crippen LogP contribution in [0, 0.1) is 0 Å². The van der Waals surface area contributed by atoms with Crippen molar-refractivity contribution >= 4 is 34.3 Å². The zero-order valence-electron chi connectivity index (χ0n) is 12.7. The van der Waals surface area contributed by atoms with Crippen molar-refractivity contribution in [1.82, 2.24) is 15.8 Å². The number of fused-ring (bicyclic) bond motifs is 1. The van der Waals surface area contributed by atoms with Gasteiger partial charge in [-0.25, -0.2) is 0 Å². The Bertz CT molecular complexity index is 920. The second-order valence-corrected chi connectivity index (χ2v) is 5.44. The predicted molar refractivity (Wildman–Crippen MR) is 91.2 cm³/mol. The van der Waals surface area contributed by atoms with E-state index < -0.39 is 11.8 Å². The molecule has 2 aromatic carbocycles. The highest BCUT2D eigenvalue weighted by atomic mass is 35.5. The predicted octanol–water partition coefficient (Wildman–Crippen LogP) is 2.90. The SMILES string of the molecule is COc1cc(Cl)ccc1C(=O)NNC(=O)c1c[nH]c2ccccc12. The number of carbonyl (C=O) groups is 2. The number of ether oxygens (including phenoxy) is 1. The highest BCUT2D eigenvalue weighted by Gasteiger charge is 2.15. The van der Waals surface area contributed by atoms with Crippen molar-refractivity contribution in [2.24, 2.45) is 0 Å². The Morgan fingerprint density at radius 3 is 2.50 bits per heavy atom. The van der Waals surface area contributed by atoms with E-state index in [1.54, 1.807) is 12.3 Å². The van der Waals surface area contributed by atoms with Crippen molar-refractivity contribution in [3.63, 3.8) is 0 Å². The third-order valence-corrected chi connectivity index (χ3v) is 3.77. The minimum atomic E-state index is -0.503. The molecule has 2 amide bonds. The van der Waals surface area contributed by atoms with Crippen LogP contribution in [0.25, 0.3) is 10.9 Å². The first-order valence-corrected chi connectivity index (χ1v) is 7.48. The fraction of sp³-hybridized carbons (Fsp3) is 0.0588. The summed E-state index contributed by atoms with van der Waals surface area (Å²) in [6.45, 7) is 0. The van der Waals surface area contributed by atoms with Gasteiger partial charge in [0.05, 0.1) is 18.2 Å². The van der Waals surface area contributed by atoms with Gasteiger partial charge in [-0.2, -0.15) is 0 Å². The summed E-state index contributed by atoms with van der Waals surface area (Å²) in [5, 5.41) is 1.22. The number of methoxy groups -OCH3 is 1. The first-order chi connectivity index (χ1) is 11.6. The molecule has 3 rings (SSSR count). The molecule has 0 aliphatic heterocycles. The molecular weight excluding hydrogens is 330 g/mol. The number of aromatic nitrogens is 1. The Hall–Kier alpha value is -2.99. The van der Waals surface area contributed by atoms with Crippen LogP contribution < -0.4 is 15.6 Å². The molecule has 7 heteroatoms. The second-order valence-electron chi connectivity index (χ2n) is 5.00. The minimum absolute atomic E-state index is 0.265. The summed E-state index contributed by atoms with van der Waals surface area (Å²) < 4.78 is 5.12. The summed E-state index contributed by atoms with van der Waals surface area (Å²) in [6.07, 6.45) is 1.59. The van der Waals surface area contributed by atoms with Gasteiger partial charge in [0.2, 0.25) is 0 Å². The number of carbonyl (C=O) groups excluding carboxylic acids is 2. The van der Waals surface area contributed by atoms with E-state index in [4.69, 9.17) is 16.3 Å². The fourth-order valence-corrected chi connectivity index (χ4v) is 2.52. The number of halogens is 1. The molecule has 1 aromatic heterocycles. The molecule has 0 spiro atoms. The average Bonchev–Trinajstić information content (AvgIpc) is 3.03. The lowest BCUT2D eigenvalue weighted by Crippen LogP contribution is -2.41. The van der Waals surface area contributed by atoms with Crippen LogP contribution in [0.2, 0.25) is 5.02 Å². The quantitative estimate of drug-likeness (QED) is 0.639. The highest BCUT2D eigenvalue weighted by molar-refractivity contribution is 6.30. The molecule has 0 bridgehead atoms. The molecular formula is C17H14ClN3O3. The van der Waals surface area contributed by atoms with Crippen LogP contribution in [0.5, 0.6) is 5.75 Å².